The van der Waals surface area contributed by atoms with Crippen LogP contribution in [0.2, 0.25) is 0 Å². The molecule has 2 fully saturated rings. The van der Waals surface area contributed by atoms with Gasteiger partial charge in [-0.1, -0.05) is 19.3 Å². The molecule has 11 nitrogen and oxygen atoms in total. The van der Waals surface area contributed by atoms with Crippen molar-refractivity contribution in [3.63, 3.8) is 0 Å². The number of aryl methyl sites for hydroxylation is 1. The van der Waals surface area contributed by atoms with E-state index in [9.17, 15) is 9.59 Å². The molecule has 1 aromatic carbocycles. The van der Waals surface area contributed by atoms with Gasteiger partial charge in [0.05, 0.1) is 24.9 Å². The van der Waals surface area contributed by atoms with Crippen molar-refractivity contribution in [3.8, 4) is 11.4 Å². The van der Waals surface area contributed by atoms with E-state index in [0.29, 0.717) is 56.8 Å². The third-order valence-corrected chi connectivity index (χ3v) is 8.34. The zero-order valence-corrected chi connectivity index (χ0v) is 23.4. The Hall–Kier alpha value is -3.80. The predicted octanol–water partition coefficient (Wildman–Crippen LogP) is 3.74. The quantitative estimate of drug-likeness (QED) is 0.461. The van der Waals surface area contributed by atoms with Gasteiger partial charge in [0.15, 0.2) is 11.6 Å². The summed E-state index contributed by atoms with van der Waals surface area (Å²) in [4.78, 5) is 37.6. The van der Waals surface area contributed by atoms with Crippen molar-refractivity contribution in [1.29, 1.82) is 0 Å². The summed E-state index contributed by atoms with van der Waals surface area (Å²) in [6.45, 7) is 4.86. The molecule has 0 radical (unpaired) electrons. The van der Waals surface area contributed by atoms with Crippen LogP contribution in [0.4, 0.5) is 16.0 Å². The van der Waals surface area contributed by atoms with Crippen LogP contribution in [0.15, 0.2) is 29.3 Å². The standard InChI is InChI=1S/C29H36FN7O4/c1-19(20-7-3-2-4-8-20)41-24-18-23(37-29(39)36-12-6-5-9-25(36)34-37)22(30)17-21(24)28(38)33-26-27(32-11-10-31-26)35-13-15-40-16-14-35/h10-11,17-20H,2-9,12-16H2,1H3,(H,31,33,38). The van der Waals surface area contributed by atoms with Crippen LogP contribution < -0.4 is 20.6 Å². The number of morpholine rings is 1. The third kappa shape index (κ3) is 5.70. The highest BCUT2D eigenvalue weighted by Crippen LogP contribution is 2.33. The minimum Gasteiger partial charge on any atom is -0.490 e. The van der Waals surface area contributed by atoms with Gasteiger partial charge in [-0.25, -0.2) is 19.2 Å². The number of nitrogens with zero attached hydrogens (tertiary/aromatic N) is 6. The fourth-order valence-electron chi connectivity index (χ4n) is 6.04. The first-order chi connectivity index (χ1) is 20.0. The lowest BCUT2D eigenvalue weighted by Gasteiger charge is -2.29. The van der Waals surface area contributed by atoms with E-state index < -0.39 is 17.4 Å². The summed E-state index contributed by atoms with van der Waals surface area (Å²) >= 11 is 0. The summed E-state index contributed by atoms with van der Waals surface area (Å²) in [6.07, 6.45) is 10.9. The molecule has 3 aromatic rings. The molecule has 1 aliphatic carbocycles. The number of ether oxygens (including phenoxy) is 2. The largest absolute Gasteiger partial charge is 0.490 e. The maximum Gasteiger partial charge on any atom is 0.350 e. The molecule has 1 atom stereocenters. The first kappa shape index (κ1) is 27.4. The highest BCUT2D eigenvalue weighted by Gasteiger charge is 2.28. The van der Waals surface area contributed by atoms with Crippen LogP contribution in [-0.4, -0.2) is 62.6 Å². The van der Waals surface area contributed by atoms with E-state index >= 15 is 4.39 Å². The average molecular weight is 566 g/mol. The Labute approximate surface area is 237 Å². The molecule has 2 aromatic heterocycles. The SMILES string of the molecule is CC(Oc1cc(-n2nc3n(c2=O)CCCC3)c(F)cc1C(=O)Nc1nccnc1N1CCOCC1)C1CCCCC1. The molecule has 1 saturated carbocycles. The molecule has 1 N–H and O–H groups in total. The summed E-state index contributed by atoms with van der Waals surface area (Å²) in [5.74, 6) is 0.641. The van der Waals surface area contributed by atoms with E-state index in [0.717, 1.165) is 49.3 Å². The Morgan fingerprint density at radius 3 is 2.63 bits per heavy atom. The molecule has 3 aliphatic rings. The predicted molar refractivity (Wildman–Crippen MR) is 150 cm³/mol. The van der Waals surface area contributed by atoms with E-state index in [1.165, 1.54) is 18.7 Å². The van der Waals surface area contributed by atoms with Crippen molar-refractivity contribution in [1.82, 2.24) is 24.3 Å². The highest BCUT2D eigenvalue weighted by atomic mass is 19.1. The van der Waals surface area contributed by atoms with E-state index in [1.807, 2.05) is 11.8 Å². The normalized spacial score (nSPS) is 18.5. The second kappa shape index (κ2) is 12.0. The number of carbonyl (C=O) groups excluding carboxylic acids is 1. The van der Waals surface area contributed by atoms with E-state index in [-0.39, 0.29) is 28.9 Å². The van der Waals surface area contributed by atoms with Gasteiger partial charge in [0.25, 0.3) is 5.91 Å². The number of benzene rings is 1. The molecule has 1 amide bonds. The van der Waals surface area contributed by atoms with Gasteiger partial charge in [-0.3, -0.25) is 9.36 Å². The first-order valence-corrected chi connectivity index (χ1v) is 14.6. The number of halogens is 1. The number of nitrogens with one attached hydrogen (secondary N) is 1. The second-order valence-corrected chi connectivity index (χ2v) is 11.0. The lowest BCUT2D eigenvalue weighted by molar-refractivity contribution is 0.0996. The van der Waals surface area contributed by atoms with Crippen molar-refractivity contribution < 1.29 is 18.7 Å². The Morgan fingerprint density at radius 1 is 1.07 bits per heavy atom. The number of fused-ring (bicyclic) bond motifs is 1. The summed E-state index contributed by atoms with van der Waals surface area (Å²) in [6, 6.07) is 2.56. The monoisotopic (exact) mass is 565 g/mol. The van der Waals surface area contributed by atoms with E-state index in [4.69, 9.17) is 9.47 Å². The molecular formula is C29H36FN7O4. The summed E-state index contributed by atoms with van der Waals surface area (Å²) in [7, 11) is 0. The summed E-state index contributed by atoms with van der Waals surface area (Å²) in [5.41, 5.74) is -0.408. The van der Waals surface area contributed by atoms with Crippen LogP contribution in [-0.2, 0) is 17.7 Å². The zero-order chi connectivity index (χ0) is 28.3. The van der Waals surface area contributed by atoms with Gasteiger partial charge >= 0.3 is 5.69 Å². The molecule has 41 heavy (non-hydrogen) atoms. The first-order valence-electron chi connectivity index (χ1n) is 14.6. The summed E-state index contributed by atoms with van der Waals surface area (Å²) < 4.78 is 30.3. The van der Waals surface area contributed by atoms with Crippen LogP contribution in [0.1, 0.15) is 68.1 Å². The molecule has 218 valence electrons. The number of carbonyl (C=O) groups is 1. The van der Waals surface area contributed by atoms with Crippen molar-refractivity contribution in [3.05, 3.63) is 52.2 Å². The molecule has 1 saturated heterocycles. The number of hydrogen-bond donors (Lipinski definition) is 1. The highest BCUT2D eigenvalue weighted by molar-refractivity contribution is 6.07. The minimum atomic E-state index is -0.738. The van der Waals surface area contributed by atoms with Crippen molar-refractivity contribution in [2.24, 2.45) is 5.92 Å². The number of anilines is 2. The van der Waals surface area contributed by atoms with Crippen LogP contribution in [0, 0.1) is 11.7 Å². The number of hydrogen-bond acceptors (Lipinski definition) is 8. The Balaban J connectivity index is 1.36. The van der Waals surface area contributed by atoms with Crippen LogP contribution in [0.5, 0.6) is 5.75 Å². The van der Waals surface area contributed by atoms with Gasteiger partial charge in [0, 0.05) is 44.5 Å². The maximum absolute atomic E-state index is 15.7. The maximum atomic E-state index is 15.7. The molecular weight excluding hydrogens is 529 g/mol. The molecule has 12 heteroatoms. The third-order valence-electron chi connectivity index (χ3n) is 8.34. The van der Waals surface area contributed by atoms with Crippen molar-refractivity contribution in [2.75, 3.05) is 36.5 Å². The minimum absolute atomic E-state index is 0.0181. The smallest absolute Gasteiger partial charge is 0.350 e. The lowest BCUT2D eigenvalue weighted by Crippen LogP contribution is -2.37. The lowest BCUT2D eigenvalue weighted by atomic mass is 9.86. The van der Waals surface area contributed by atoms with Gasteiger partial charge in [0.1, 0.15) is 23.1 Å². The Morgan fingerprint density at radius 2 is 1.85 bits per heavy atom. The molecule has 0 spiro atoms. The number of rotatable bonds is 7. The molecule has 1 unspecified atom stereocenters. The number of aromatic nitrogens is 5. The van der Waals surface area contributed by atoms with Crippen LogP contribution in [0.3, 0.4) is 0 Å². The summed E-state index contributed by atoms with van der Waals surface area (Å²) in [5, 5.41) is 7.26. The van der Waals surface area contributed by atoms with Gasteiger partial charge < -0.3 is 19.7 Å². The fourth-order valence-corrected chi connectivity index (χ4v) is 6.04. The van der Waals surface area contributed by atoms with E-state index in [1.54, 1.807) is 10.8 Å². The zero-order valence-electron chi connectivity index (χ0n) is 23.4. The molecule has 6 rings (SSSR count). The van der Waals surface area contributed by atoms with Gasteiger partial charge in [-0.2, -0.15) is 4.68 Å². The Bertz CT molecular complexity index is 1460. The molecule has 2 aliphatic heterocycles. The van der Waals surface area contributed by atoms with Crippen LogP contribution in [0.25, 0.3) is 5.69 Å². The van der Waals surface area contributed by atoms with Crippen molar-refractivity contribution >= 4 is 17.5 Å². The second-order valence-electron chi connectivity index (χ2n) is 11.0. The van der Waals surface area contributed by atoms with E-state index in [2.05, 4.69) is 20.4 Å². The van der Waals surface area contributed by atoms with Crippen molar-refractivity contribution in [2.45, 2.75) is 70.9 Å². The molecule has 4 heterocycles. The average Bonchev–Trinajstić information content (AvgIpc) is 3.35. The fraction of sp³-hybridized carbons (Fsp3) is 0.552. The number of amides is 1. The van der Waals surface area contributed by atoms with Gasteiger partial charge in [-0.15, -0.1) is 5.10 Å². The molecule has 0 bridgehead atoms. The van der Waals surface area contributed by atoms with Gasteiger partial charge in [-0.05, 0) is 44.6 Å². The van der Waals surface area contributed by atoms with Gasteiger partial charge in [0.2, 0.25) is 0 Å². The topological polar surface area (TPSA) is 116 Å². The van der Waals surface area contributed by atoms with Crippen LogP contribution >= 0.6 is 0 Å². The Kier molecular flexibility index (Phi) is 8.00.